The molecule has 6 nitrogen and oxygen atoms in total. The van der Waals surface area contributed by atoms with Crippen LogP contribution in [0.15, 0.2) is 71.6 Å². The van der Waals surface area contributed by atoms with Crippen molar-refractivity contribution in [3.63, 3.8) is 0 Å². The molecular formula is C24H24N2O4S. The van der Waals surface area contributed by atoms with Gasteiger partial charge in [0.2, 0.25) is 0 Å². The number of benzene rings is 3. The Labute approximate surface area is 182 Å². The van der Waals surface area contributed by atoms with E-state index in [-0.39, 0.29) is 10.8 Å². The largest absolute Gasteiger partial charge is 0.497 e. The molecule has 0 radical (unpaired) electrons. The second-order valence-electron chi connectivity index (χ2n) is 7.51. The quantitative estimate of drug-likeness (QED) is 0.643. The van der Waals surface area contributed by atoms with E-state index < -0.39 is 10.0 Å². The molecule has 0 spiro atoms. The minimum absolute atomic E-state index is 0.0538. The van der Waals surface area contributed by atoms with Gasteiger partial charge in [-0.1, -0.05) is 24.3 Å². The fourth-order valence-electron chi connectivity index (χ4n) is 3.82. The molecule has 0 atom stereocenters. The highest BCUT2D eigenvalue weighted by Gasteiger charge is 2.25. The molecule has 3 aromatic rings. The van der Waals surface area contributed by atoms with Crippen molar-refractivity contribution in [3.8, 4) is 5.75 Å². The lowest BCUT2D eigenvalue weighted by Crippen LogP contribution is -2.35. The van der Waals surface area contributed by atoms with E-state index in [0.717, 1.165) is 24.1 Å². The number of hydrogen-bond acceptors (Lipinski definition) is 4. The Kier molecular flexibility index (Phi) is 5.69. The predicted octanol–water partition coefficient (Wildman–Crippen LogP) is 4.40. The highest BCUT2D eigenvalue weighted by molar-refractivity contribution is 7.92. The van der Waals surface area contributed by atoms with E-state index in [9.17, 15) is 13.2 Å². The van der Waals surface area contributed by atoms with Gasteiger partial charge in [-0.05, 0) is 67.3 Å². The zero-order valence-corrected chi connectivity index (χ0v) is 18.3. The van der Waals surface area contributed by atoms with Crippen LogP contribution in [0.25, 0.3) is 0 Å². The molecule has 4 rings (SSSR count). The third-order valence-electron chi connectivity index (χ3n) is 5.40. The molecule has 0 saturated heterocycles. The van der Waals surface area contributed by atoms with Gasteiger partial charge in [-0.15, -0.1) is 0 Å². The molecule has 0 aliphatic carbocycles. The zero-order chi connectivity index (χ0) is 22.0. The molecule has 7 heteroatoms. The normalized spacial score (nSPS) is 13.4. The van der Waals surface area contributed by atoms with Gasteiger partial charge in [0.05, 0.1) is 12.0 Å². The Bertz CT molecular complexity index is 1220. The Morgan fingerprint density at radius 2 is 1.81 bits per heavy atom. The third kappa shape index (κ3) is 4.27. The lowest BCUT2D eigenvalue weighted by Gasteiger charge is -2.30. The standard InChI is InChI=1S/C24H24N2O4S/c1-17-10-12-21(30-2)16-23(17)31(28,29)25-20-11-13-22-19(15-20)9-6-14-26(22)24(27)18-7-4-3-5-8-18/h3-5,7-8,10-13,15-16,25H,6,9,14H2,1-2H3. The monoisotopic (exact) mass is 436 g/mol. The van der Waals surface area contributed by atoms with Crippen LogP contribution in [0.4, 0.5) is 11.4 Å². The SMILES string of the molecule is COc1ccc(C)c(S(=O)(=O)Nc2ccc3c(c2)CCCN3C(=O)c2ccccc2)c1. The van der Waals surface area contributed by atoms with Gasteiger partial charge in [0.15, 0.2) is 0 Å². The van der Waals surface area contributed by atoms with Crippen molar-refractivity contribution in [2.24, 2.45) is 0 Å². The molecule has 1 N–H and O–H groups in total. The van der Waals surface area contributed by atoms with Crippen LogP contribution in [0.1, 0.15) is 27.9 Å². The first kappa shape index (κ1) is 20.9. The summed E-state index contributed by atoms with van der Waals surface area (Å²) in [5, 5.41) is 0. The second kappa shape index (κ2) is 8.43. The van der Waals surface area contributed by atoms with Crippen molar-refractivity contribution < 1.29 is 17.9 Å². The average Bonchev–Trinajstić information content (AvgIpc) is 2.78. The number of sulfonamides is 1. The van der Waals surface area contributed by atoms with Gasteiger partial charge in [-0.25, -0.2) is 8.42 Å². The topological polar surface area (TPSA) is 75.7 Å². The van der Waals surface area contributed by atoms with Crippen LogP contribution in [0.2, 0.25) is 0 Å². The number of amides is 1. The van der Waals surface area contributed by atoms with Gasteiger partial charge in [0.1, 0.15) is 5.75 Å². The summed E-state index contributed by atoms with van der Waals surface area (Å²) in [4.78, 5) is 14.9. The molecule has 0 unspecified atom stereocenters. The maximum Gasteiger partial charge on any atom is 0.262 e. The highest BCUT2D eigenvalue weighted by atomic mass is 32.2. The van der Waals surface area contributed by atoms with Gasteiger partial charge >= 0.3 is 0 Å². The van der Waals surface area contributed by atoms with E-state index in [2.05, 4.69) is 4.72 Å². The predicted molar refractivity (Wildman–Crippen MR) is 121 cm³/mol. The number of fused-ring (bicyclic) bond motifs is 1. The van der Waals surface area contributed by atoms with E-state index in [1.807, 2.05) is 30.3 Å². The zero-order valence-electron chi connectivity index (χ0n) is 17.5. The molecule has 1 aliphatic rings. The van der Waals surface area contributed by atoms with Crippen LogP contribution >= 0.6 is 0 Å². The highest BCUT2D eigenvalue weighted by Crippen LogP contribution is 2.32. The van der Waals surface area contributed by atoms with Crippen LogP contribution in [-0.2, 0) is 16.4 Å². The lowest BCUT2D eigenvalue weighted by molar-refractivity contribution is 0.0985. The molecule has 0 fully saturated rings. The molecule has 0 bridgehead atoms. The summed E-state index contributed by atoms with van der Waals surface area (Å²) in [5.74, 6) is 0.424. The Morgan fingerprint density at radius 1 is 1.03 bits per heavy atom. The summed E-state index contributed by atoms with van der Waals surface area (Å²) >= 11 is 0. The first-order chi connectivity index (χ1) is 14.9. The number of anilines is 2. The number of nitrogens with one attached hydrogen (secondary N) is 1. The number of ether oxygens (including phenoxy) is 1. The van der Waals surface area contributed by atoms with Gasteiger partial charge in [-0.2, -0.15) is 0 Å². The minimum atomic E-state index is -3.79. The number of rotatable bonds is 5. The van der Waals surface area contributed by atoms with E-state index in [4.69, 9.17) is 4.74 Å². The van der Waals surface area contributed by atoms with Crippen molar-refractivity contribution in [1.29, 1.82) is 0 Å². The lowest BCUT2D eigenvalue weighted by atomic mass is 10.00. The number of carbonyl (C=O) groups is 1. The summed E-state index contributed by atoms with van der Waals surface area (Å²) in [6.07, 6.45) is 1.60. The maximum atomic E-state index is 13.0. The molecule has 1 aliphatic heterocycles. The number of hydrogen-bond donors (Lipinski definition) is 1. The van der Waals surface area contributed by atoms with E-state index in [1.54, 1.807) is 42.2 Å². The molecule has 31 heavy (non-hydrogen) atoms. The molecule has 1 amide bonds. The fraction of sp³-hybridized carbons (Fsp3) is 0.208. The molecule has 0 saturated carbocycles. The van der Waals surface area contributed by atoms with Gasteiger partial charge in [-0.3, -0.25) is 9.52 Å². The van der Waals surface area contributed by atoms with Crippen molar-refractivity contribution in [1.82, 2.24) is 0 Å². The maximum absolute atomic E-state index is 13.0. The first-order valence-corrected chi connectivity index (χ1v) is 11.5. The van der Waals surface area contributed by atoms with Crippen LogP contribution in [-0.4, -0.2) is 28.0 Å². The van der Waals surface area contributed by atoms with Gasteiger partial charge in [0, 0.05) is 29.5 Å². The van der Waals surface area contributed by atoms with E-state index >= 15 is 0 Å². The summed E-state index contributed by atoms with van der Waals surface area (Å²) in [6, 6.07) is 19.4. The number of carbonyl (C=O) groups excluding carboxylic acids is 1. The Hall–Kier alpha value is -3.32. The fourth-order valence-corrected chi connectivity index (χ4v) is 5.13. The Balaban J connectivity index is 1.62. The summed E-state index contributed by atoms with van der Waals surface area (Å²) in [7, 11) is -2.29. The smallest absolute Gasteiger partial charge is 0.262 e. The van der Waals surface area contributed by atoms with Crippen LogP contribution in [0.5, 0.6) is 5.75 Å². The van der Waals surface area contributed by atoms with E-state index in [0.29, 0.717) is 29.1 Å². The average molecular weight is 437 g/mol. The summed E-state index contributed by atoms with van der Waals surface area (Å²) in [5.41, 5.74) is 3.49. The van der Waals surface area contributed by atoms with Crippen molar-refractivity contribution >= 4 is 27.3 Å². The van der Waals surface area contributed by atoms with Crippen molar-refractivity contribution in [2.75, 3.05) is 23.3 Å². The Morgan fingerprint density at radius 3 is 2.55 bits per heavy atom. The molecule has 0 aromatic heterocycles. The molecule has 1 heterocycles. The number of methoxy groups -OCH3 is 1. The van der Waals surface area contributed by atoms with Crippen LogP contribution in [0.3, 0.4) is 0 Å². The van der Waals surface area contributed by atoms with E-state index in [1.165, 1.54) is 13.2 Å². The third-order valence-corrected chi connectivity index (χ3v) is 6.92. The van der Waals surface area contributed by atoms with Gasteiger partial charge < -0.3 is 9.64 Å². The summed E-state index contributed by atoms with van der Waals surface area (Å²) in [6.45, 7) is 2.38. The number of aryl methyl sites for hydroxylation is 2. The summed E-state index contributed by atoms with van der Waals surface area (Å²) < 4.78 is 33.8. The number of nitrogens with zero attached hydrogens (tertiary/aromatic N) is 1. The molecular weight excluding hydrogens is 412 g/mol. The van der Waals surface area contributed by atoms with Crippen LogP contribution in [0, 0.1) is 6.92 Å². The van der Waals surface area contributed by atoms with Crippen molar-refractivity contribution in [3.05, 3.63) is 83.4 Å². The second-order valence-corrected chi connectivity index (χ2v) is 9.16. The van der Waals surface area contributed by atoms with Gasteiger partial charge in [0.25, 0.3) is 15.9 Å². The van der Waals surface area contributed by atoms with Crippen LogP contribution < -0.4 is 14.4 Å². The molecule has 3 aromatic carbocycles. The minimum Gasteiger partial charge on any atom is -0.497 e. The first-order valence-electron chi connectivity index (χ1n) is 10.1. The molecule has 160 valence electrons. The van der Waals surface area contributed by atoms with Crippen molar-refractivity contribution in [2.45, 2.75) is 24.7 Å².